The van der Waals surface area contributed by atoms with Crippen molar-refractivity contribution in [2.24, 2.45) is 0 Å². The zero-order chi connectivity index (χ0) is 14.6. The number of alkyl halides is 1. The highest BCUT2D eigenvalue weighted by atomic mass is 35.5. The molecule has 1 aromatic rings. The molecule has 20 heavy (non-hydrogen) atoms. The van der Waals surface area contributed by atoms with Crippen LogP contribution in [0.5, 0.6) is 0 Å². The van der Waals surface area contributed by atoms with Crippen LogP contribution in [0.25, 0.3) is 0 Å². The summed E-state index contributed by atoms with van der Waals surface area (Å²) in [7, 11) is -3.30. The van der Waals surface area contributed by atoms with Gasteiger partial charge >= 0.3 is 0 Å². The van der Waals surface area contributed by atoms with Crippen LogP contribution in [-0.4, -0.2) is 25.6 Å². The van der Waals surface area contributed by atoms with Crippen molar-refractivity contribution >= 4 is 21.6 Å². The molecule has 0 bridgehead atoms. The van der Waals surface area contributed by atoms with Crippen molar-refractivity contribution in [3.05, 3.63) is 35.9 Å². The van der Waals surface area contributed by atoms with Crippen molar-refractivity contribution in [1.29, 1.82) is 0 Å². The first-order chi connectivity index (χ1) is 9.48. The van der Waals surface area contributed by atoms with E-state index in [0.717, 1.165) is 31.2 Å². The molecule has 0 amide bonds. The van der Waals surface area contributed by atoms with E-state index < -0.39 is 10.0 Å². The molecule has 1 aliphatic rings. The molecule has 1 fully saturated rings. The van der Waals surface area contributed by atoms with Crippen molar-refractivity contribution in [2.45, 2.75) is 49.9 Å². The minimum absolute atomic E-state index is 0.0222. The van der Waals surface area contributed by atoms with Gasteiger partial charge in [-0.15, -0.1) is 11.6 Å². The summed E-state index contributed by atoms with van der Waals surface area (Å²) >= 11 is 6.22. The Hall–Kier alpha value is -0.580. The lowest BCUT2D eigenvalue weighted by Gasteiger charge is -2.28. The second kappa shape index (κ2) is 6.92. The maximum absolute atomic E-state index is 12.3. The zero-order valence-electron chi connectivity index (χ0n) is 11.8. The monoisotopic (exact) mass is 315 g/mol. The Morgan fingerprint density at radius 2 is 1.90 bits per heavy atom. The van der Waals surface area contributed by atoms with Crippen molar-refractivity contribution < 1.29 is 8.42 Å². The highest BCUT2D eigenvalue weighted by molar-refractivity contribution is 7.89. The molecule has 1 aromatic carbocycles. The second-order valence-corrected chi connectivity index (χ2v) is 7.98. The van der Waals surface area contributed by atoms with E-state index in [1.807, 2.05) is 37.3 Å². The largest absolute Gasteiger partial charge is 0.212 e. The number of rotatable bonds is 5. The predicted octanol–water partition coefficient (Wildman–Crippen LogP) is 3.26. The quantitative estimate of drug-likeness (QED) is 0.848. The van der Waals surface area contributed by atoms with Crippen molar-refractivity contribution in [3.63, 3.8) is 0 Å². The summed E-state index contributed by atoms with van der Waals surface area (Å²) in [6, 6.07) is 9.61. The first-order valence-electron chi connectivity index (χ1n) is 7.17. The van der Waals surface area contributed by atoms with Crippen LogP contribution in [-0.2, 0) is 10.0 Å². The molecule has 0 spiro atoms. The van der Waals surface area contributed by atoms with Crippen LogP contribution in [0.4, 0.5) is 0 Å². The SMILES string of the molecule is CC(CS(=O)(=O)NC1CCCCC1Cl)c1ccccc1. The molecular weight excluding hydrogens is 294 g/mol. The van der Waals surface area contributed by atoms with E-state index >= 15 is 0 Å². The van der Waals surface area contributed by atoms with Gasteiger partial charge in [-0.3, -0.25) is 0 Å². The van der Waals surface area contributed by atoms with Crippen LogP contribution in [0.3, 0.4) is 0 Å². The van der Waals surface area contributed by atoms with Gasteiger partial charge in [-0.25, -0.2) is 13.1 Å². The van der Waals surface area contributed by atoms with Gasteiger partial charge in [-0.1, -0.05) is 50.1 Å². The summed E-state index contributed by atoms with van der Waals surface area (Å²) in [6.07, 6.45) is 3.87. The maximum atomic E-state index is 12.3. The summed E-state index contributed by atoms with van der Waals surface area (Å²) in [5, 5.41) is -0.0782. The van der Waals surface area contributed by atoms with Gasteiger partial charge in [0.2, 0.25) is 10.0 Å². The van der Waals surface area contributed by atoms with Crippen molar-refractivity contribution in [2.75, 3.05) is 5.75 Å². The number of nitrogens with one attached hydrogen (secondary N) is 1. The van der Waals surface area contributed by atoms with Gasteiger partial charge < -0.3 is 0 Å². The summed E-state index contributed by atoms with van der Waals surface area (Å²) in [4.78, 5) is 0. The number of sulfonamides is 1. The Morgan fingerprint density at radius 1 is 1.25 bits per heavy atom. The second-order valence-electron chi connectivity index (χ2n) is 5.62. The Bertz CT molecular complexity index is 518. The molecule has 1 N–H and O–H groups in total. The molecule has 0 aliphatic heterocycles. The van der Waals surface area contributed by atoms with Crippen LogP contribution in [0.15, 0.2) is 30.3 Å². The lowest BCUT2D eigenvalue weighted by atomic mass is 9.96. The third-order valence-electron chi connectivity index (χ3n) is 3.85. The van der Waals surface area contributed by atoms with Gasteiger partial charge in [-0.2, -0.15) is 0 Å². The Kier molecular flexibility index (Phi) is 5.47. The highest BCUT2D eigenvalue weighted by Gasteiger charge is 2.28. The first-order valence-corrected chi connectivity index (χ1v) is 9.26. The minimum Gasteiger partial charge on any atom is -0.212 e. The summed E-state index contributed by atoms with van der Waals surface area (Å²) in [5.74, 6) is 0.0861. The van der Waals surface area contributed by atoms with Gasteiger partial charge in [0.05, 0.1) is 5.75 Å². The Labute approximate surface area is 126 Å². The van der Waals surface area contributed by atoms with Crippen LogP contribution in [0.2, 0.25) is 0 Å². The number of hydrogen-bond acceptors (Lipinski definition) is 2. The van der Waals surface area contributed by atoms with Crippen molar-refractivity contribution in [1.82, 2.24) is 4.72 Å². The lowest BCUT2D eigenvalue weighted by molar-refractivity contribution is 0.418. The average Bonchev–Trinajstić information content (AvgIpc) is 2.41. The molecule has 5 heteroatoms. The topological polar surface area (TPSA) is 46.2 Å². The number of hydrogen-bond donors (Lipinski definition) is 1. The van der Waals surface area contributed by atoms with E-state index in [4.69, 9.17) is 11.6 Å². The Balaban J connectivity index is 1.97. The van der Waals surface area contributed by atoms with Gasteiger partial charge in [0.1, 0.15) is 0 Å². The van der Waals surface area contributed by atoms with Gasteiger partial charge in [-0.05, 0) is 24.3 Å². The predicted molar refractivity (Wildman–Crippen MR) is 83.7 cm³/mol. The number of halogens is 1. The molecule has 112 valence electrons. The maximum Gasteiger partial charge on any atom is 0.212 e. The minimum atomic E-state index is -3.30. The van der Waals surface area contributed by atoms with Gasteiger partial charge in [0.25, 0.3) is 0 Å². The zero-order valence-corrected chi connectivity index (χ0v) is 13.3. The third kappa shape index (κ3) is 4.47. The fourth-order valence-electron chi connectivity index (χ4n) is 2.70. The first kappa shape index (κ1) is 15.8. The fraction of sp³-hybridized carbons (Fsp3) is 0.600. The molecule has 0 radical (unpaired) electrons. The van der Waals surface area contributed by atoms with Gasteiger partial charge in [0.15, 0.2) is 0 Å². The van der Waals surface area contributed by atoms with Crippen LogP contribution >= 0.6 is 11.6 Å². The normalized spacial score (nSPS) is 25.3. The summed E-state index contributed by atoms with van der Waals surface area (Å²) < 4.78 is 27.3. The molecule has 0 heterocycles. The van der Waals surface area contributed by atoms with Crippen molar-refractivity contribution in [3.8, 4) is 0 Å². The van der Waals surface area contributed by atoms with E-state index in [9.17, 15) is 8.42 Å². The molecule has 1 aliphatic carbocycles. The van der Waals surface area contributed by atoms with Crippen LogP contribution in [0, 0.1) is 0 Å². The fourth-order valence-corrected chi connectivity index (χ4v) is 4.81. The van der Waals surface area contributed by atoms with E-state index in [2.05, 4.69) is 4.72 Å². The summed E-state index contributed by atoms with van der Waals surface area (Å²) in [6.45, 7) is 1.94. The summed E-state index contributed by atoms with van der Waals surface area (Å²) in [5.41, 5.74) is 1.05. The Morgan fingerprint density at radius 3 is 2.55 bits per heavy atom. The standard InChI is InChI=1S/C15H22ClNO2S/c1-12(13-7-3-2-4-8-13)11-20(18,19)17-15-10-6-5-9-14(15)16/h2-4,7-8,12,14-15,17H,5-6,9-11H2,1H3. The molecule has 1 saturated carbocycles. The van der Waals surface area contributed by atoms with Crippen LogP contribution in [0.1, 0.15) is 44.1 Å². The molecule has 0 saturated heterocycles. The molecule has 0 aromatic heterocycles. The van der Waals surface area contributed by atoms with E-state index in [-0.39, 0.29) is 23.1 Å². The van der Waals surface area contributed by atoms with Crippen LogP contribution < -0.4 is 4.72 Å². The van der Waals surface area contributed by atoms with E-state index in [1.54, 1.807) is 0 Å². The smallest absolute Gasteiger partial charge is 0.212 e. The average molecular weight is 316 g/mol. The van der Waals surface area contributed by atoms with E-state index in [1.165, 1.54) is 0 Å². The lowest BCUT2D eigenvalue weighted by Crippen LogP contribution is -2.44. The molecule has 3 unspecified atom stereocenters. The van der Waals surface area contributed by atoms with Gasteiger partial charge in [0, 0.05) is 11.4 Å². The molecular formula is C15H22ClNO2S. The molecule has 3 atom stereocenters. The third-order valence-corrected chi connectivity index (χ3v) is 5.97. The molecule has 3 nitrogen and oxygen atoms in total. The van der Waals surface area contributed by atoms with E-state index in [0.29, 0.717) is 0 Å². The highest BCUT2D eigenvalue weighted by Crippen LogP contribution is 2.24. The number of benzene rings is 1. The molecule has 2 rings (SSSR count).